The largest absolute Gasteiger partial charge is 0.486 e. The summed E-state index contributed by atoms with van der Waals surface area (Å²) in [6, 6.07) is 19.2. The van der Waals surface area contributed by atoms with Gasteiger partial charge in [-0.1, -0.05) is 24.3 Å². The molecule has 1 aliphatic rings. The fourth-order valence-corrected chi connectivity index (χ4v) is 4.16. The number of carbonyl (C=O) groups excluding carboxylic acids is 1. The Morgan fingerprint density at radius 1 is 1.00 bits per heavy atom. The molecular weight excluding hydrogens is 384 g/mol. The standard InChI is InChI=1S/C23H18N2O3S/c26-23(19-9-10-24-20-6-2-1-5-18(19)20)25(15-17-4-3-13-29-17)16-7-8-21-22(14-16)28-12-11-27-21/h1-10,13-14H,11-12,15H2. The number of carbonyl (C=O) groups is 1. The van der Waals surface area contributed by atoms with Crippen molar-refractivity contribution in [3.05, 3.63) is 82.7 Å². The number of fused-ring (bicyclic) bond motifs is 2. The number of para-hydroxylation sites is 1. The first kappa shape index (κ1) is 17.7. The zero-order chi connectivity index (χ0) is 19.6. The second-order valence-electron chi connectivity index (χ2n) is 6.67. The van der Waals surface area contributed by atoms with E-state index in [1.807, 2.05) is 60.0 Å². The first-order chi connectivity index (χ1) is 14.3. The Kier molecular flexibility index (Phi) is 4.62. The lowest BCUT2D eigenvalue weighted by Gasteiger charge is -2.25. The summed E-state index contributed by atoms with van der Waals surface area (Å²) in [4.78, 5) is 21.0. The molecule has 0 radical (unpaired) electrons. The van der Waals surface area contributed by atoms with E-state index >= 15 is 0 Å². The maximum absolute atomic E-state index is 13.7. The molecule has 5 nitrogen and oxygen atoms in total. The Hall–Kier alpha value is -3.38. The Labute approximate surface area is 172 Å². The quantitative estimate of drug-likeness (QED) is 0.486. The lowest BCUT2D eigenvalue weighted by molar-refractivity contribution is 0.0986. The highest BCUT2D eigenvalue weighted by molar-refractivity contribution is 7.09. The van der Waals surface area contributed by atoms with Crippen LogP contribution >= 0.6 is 11.3 Å². The van der Waals surface area contributed by atoms with Crippen molar-refractivity contribution in [2.24, 2.45) is 0 Å². The van der Waals surface area contributed by atoms with Crippen LogP contribution in [0.15, 0.2) is 72.2 Å². The maximum atomic E-state index is 13.7. The second kappa shape index (κ2) is 7.56. The van der Waals surface area contributed by atoms with Crippen LogP contribution in [0.2, 0.25) is 0 Å². The summed E-state index contributed by atoms with van der Waals surface area (Å²) < 4.78 is 11.4. The van der Waals surface area contributed by atoms with Gasteiger partial charge >= 0.3 is 0 Å². The Morgan fingerprint density at radius 3 is 2.72 bits per heavy atom. The minimum atomic E-state index is -0.0753. The third-order valence-electron chi connectivity index (χ3n) is 4.86. The van der Waals surface area contributed by atoms with E-state index in [0.29, 0.717) is 36.8 Å². The monoisotopic (exact) mass is 402 g/mol. The van der Waals surface area contributed by atoms with Crippen LogP contribution in [-0.2, 0) is 6.54 Å². The van der Waals surface area contributed by atoms with E-state index in [2.05, 4.69) is 4.98 Å². The van der Waals surface area contributed by atoms with Crippen molar-refractivity contribution in [2.75, 3.05) is 18.1 Å². The summed E-state index contributed by atoms with van der Waals surface area (Å²) in [6.45, 7) is 1.52. The van der Waals surface area contributed by atoms with Crippen molar-refractivity contribution in [2.45, 2.75) is 6.54 Å². The van der Waals surface area contributed by atoms with Crippen LogP contribution in [0.3, 0.4) is 0 Å². The molecule has 2 aromatic carbocycles. The van der Waals surface area contributed by atoms with Crippen molar-refractivity contribution in [1.82, 2.24) is 4.98 Å². The fraction of sp³-hybridized carbons (Fsp3) is 0.130. The number of thiophene rings is 1. The Balaban J connectivity index is 1.59. The predicted octanol–water partition coefficient (Wildman–Crippen LogP) is 4.91. The minimum Gasteiger partial charge on any atom is -0.486 e. The average Bonchev–Trinajstić information content (AvgIpc) is 3.30. The number of aromatic nitrogens is 1. The molecule has 0 bridgehead atoms. The van der Waals surface area contributed by atoms with Gasteiger partial charge in [-0.15, -0.1) is 11.3 Å². The molecule has 0 aliphatic carbocycles. The summed E-state index contributed by atoms with van der Waals surface area (Å²) in [5.74, 6) is 1.30. The molecule has 3 heterocycles. The number of benzene rings is 2. The molecule has 6 heteroatoms. The zero-order valence-electron chi connectivity index (χ0n) is 15.6. The normalized spacial score (nSPS) is 12.7. The van der Waals surface area contributed by atoms with E-state index < -0.39 is 0 Å². The number of amides is 1. The molecule has 29 heavy (non-hydrogen) atoms. The van der Waals surface area contributed by atoms with Gasteiger partial charge in [-0.2, -0.15) is 0 Å². The van der Waals surface area contributed by atoms with Crippen molar-refractivity contribution < 1.29 is 14.3 Å². The van der Waals surface area contributed by atoms with Gasteiger partial charge in [0.1, 0.15) is 13.2 Å². The van der Waals surface area contributed by atoms with Gasteiger partial charge in [0.05, 0.1) is 17.6 Å². The molecule has 2 aromatic heterocycles. The molecule has 0 saturated carbocycles. The number of rotatable bonds is 4. The van der Waals surface area contributed by atoms with E-state index in [0.717, 1.165) is 21.5 Å². The topological polar surface area (TPSA) is 51.7 Å². The lowest BCUT2D eigenvalue weighted by atomic mass is 10.1. The Bertz CT molecular complexity index is 1170. The molecule has 0 atom stereocenters. The van der Waals surface area contributed by atoms with Gasteiger partial charge in [0, 0.05) is 28.2 Å². The first-order valence-electron chi connectivity index (χ1n) is 9.37. The zero-order valence-corrected chi connectivity index (χ0v) is 16.4. The highest BCUT2D eigenvalue weighted by Crippen LogP contribution is 2.35. The van der Waals surface area contributed by atoms with Crippen molar-refractivity contribution in [3.8, 4) is 11.5 Å². The van der Waals surface area contributed by atoms with Crippen molar-refractivity contribution >= 4 is 33.8 Å². The molecule has 1 amide bonds. The molecule has 0 saturated heterocycles. The van der Waals surface area contributed by atoms with Crippen molar-refractivity contribution in [3.63, 3.8) is 0 Å². The van der Waals surface area contributed by atoms with Gasteiger partial charge < -0.3 is 14.4 Å². The summed E-state index contributed by atoms with van der Waals surface area (Å²) in [5.41, 5.74) is 2.20. The summed E-state index contributed by atoms with van der Waals surface area (Å²) >= 11 is 1.63. The van der Waals surface area contributed by atoms with Gasteiger partial charge in [0.25, 0.3) is 5.91 Å². The average molecular weight is 402 g/mol. The van der Waals surface area contributed by atoms with Crippen LogP contribution in [0.25, 0.3) is 10.9 Å². The van der Waals surface area contributed by atoms with E-state index in [1.165, 1.54) is 0 Å². The fourth-order valence-electron chi connectivity index (χ4n) is 3.47. The first-order valence-corrected chi connectivity index (χ1v) is 10.3. The van der Waals surface area contributed by atoms with Gasteiger partial charge in [0.2, 0.25) is 0 Å². The molecule has 0 fully saturated rings. The lowest BCUT2D eigenvalue weighted by Crippen LogP contribution is -2.30. The highest BCUT2D eigenvalue weighted by atomic mass is 32.1. The number of pyridine rings is 1. The molecule has 144 valence electrons. The molecule has 1 aliphatic heterocycles. The third-order valence-corrected chi connectivity index (χ3v) is 5.72. The van der Waals surface area contributed by atoms with Crippen molar-refractivity contribution in [1.29, 1.82) is 0 Å². The molecule has 5 rings (SSSR count). The predicted molar refractivity (Wildman–Crippen MR) is 114 cm³/mol. The van der Waals surface area contributed by atoms with E-state index in [4.69, 9.17) is 9.47 Å². The number of hydrogen-bond donors (Lipinski definition) is 0. The molecule has 0 spiro atoms. The van der Waals surface area contributed by atoms with E-state index in [9.17, 15) is 4.79 Å². The summed E-state index contributed by atoms with van der Waals surface area (Å²) in [5, 5.41) is 2.86. The van der Waals surface area contributed by atoms with Gasteiger partial charge in [-0.05, 0) is 35.7 Å². The molecule has 0 N–H and O–H groups in total. The van der Waals surface area contributed by atoms with Crippen LogP contribution in [0.4, 0.5) is 5.69 Å². The molecule has 4 aromatic rings. The summed E-state index contributed by atoms with van der Waals surface area (Å²) in [6.07, 6.45) is 1.68. The third kappa shape index (κ3) is 3.43. The van der Waals surface area contributed by atoms with Gasteiger partial charge in [-0.25, -0.2) is 0 Å². The minimum absolute atomic E-state index is 0.0753. The van der Waals surface area contributed by atoms with Crippen LogP contribution in [0.1, 0.15) is 15.2 Å². The van der Waals surface area contributed by atoms with Crippen LogP contribution in [0, 0.1) is 0 Å². The second-order valence-corrected chi connectivity index (χ2v) is 7.71. The van der Waals surface area contributed by atoms with Crippen LogP contribution in [0.5, 0.6) is 11.5 Å². The van der Waals surface area contributed by atoms with Crippen LogP contribution < -0.4 is 14.4 Å². The molecule has 0 unspecified atom stereocenters. The number of ether oxygens (including phenoxy) is 2. The number of nitrogens with zero attached hydrogens (tertiary/aromatic N) is 2. The molecular formula is C23H18N2O3S. The number of hydrogen-bond acceptors (Lipinski definition) is 5. The Morgan fingerprint density at radius 2 is 1.86 bits per heavy atom. The smallest absolute Gasteiger partial charge is 0.259 e. The highest BCUT2D eigenvalue weighted by Gasteiger charge is 2.23. The van der Waals surface area contributed by atoms with Crippen LogP contribution in [-0.4, -0.2) is 24.1 Å². The van der Waals surface area contributed by atoms with E-state index in [1.54, 1.807) is 28.5 Å². The number of anilines is 1. The van der Waals surface area contributed by atoms with Gasteiger partial charge in [0.15, 0.2) is 11.5 Å². The maximum Gasteiger partial charge on any atom is 0.259 e. The SMILES string of the molecule is O=C(c1ccnc2ccccc12)N(Cc1cccs1)c1ccc2c(c1)OCCO2. The van der Waals surface area contributed by atoms with Gasteiger partial charge in [-0.3, -0.25) is 9.78 Å². The van der Waals surface area contributed by atoms with E-state index in [-0.39, 0.29) is 5.91 Å². The summed E-state index contributed by atoms with van der Waals surface area (Å²) in [7, 11) is 0.